The van der Waals surface area contributed by atoms with Gasteiger partial charge < -0.3 is 6.92 Å². The number of hydrogen-bond acceptors (Lipinski definition) is 0. The van der Waals surface area contributed by atoms with Crippen LogP contribution in [0.15, 0.2) is 0 Å². The summed E-state index contributed by atoms with van der Waals surface area (Å²) in [5.74, 6) is 0. The Kier molecular flexibility index (Phi) is 29.7. The van der Waals surface area contributed by atoms with E-state index in [0.29, 0.717) is 0 Å². The molecule has 0 spiro atoms. The largest absolute Gasteiger partial charge is 1.00 e. The second-order valence-corrected chi connectivity index (χ2v) is 3.68. The summed E-state index contributed by atoms with van der Waals surface area (Å²) < 4.78 is 0. The molecule has 0 fully saturated rings. The molecule has 0 aliphatic carbocycles. The quantitative estimate of drug-likeness (QED) is 0.343. The molecule has 0 aromatic rings. The van der Waals surface area contributed by atoms with E-state index in [0.717, 1.165) is 6.42 Å². The van der Waals surface area contributed by atoms with Crippen LogP contribution in [0.3, 0.4) is 0 Å². The third-order valence-corrected chi connectivity index (χ3v) is 2.35. The Bertz CT molecular complexity index is 66.7. The topological polar surface area (TPSA) is 0 Å². The van der Waals surface area contributed by atoms with Crippen LogP contribution in [0.4, 0.5) is 0 Å². The zero-order valence-electron chi connectivity index (χ0n) is 10.2. The van der Waals surface area contributed by atoms with E-state index in [1.54, 1.807) is 0 Å². The molecule has 0 atom stereocenters. The molecule has 0 aliphatic heterocycles. The van der Waals surface area contributed by atoms with Crippen LogP contribution in [0, 0.1) is 6.92 Å². The van der Waals surface area contributed by atoms with E-state index in [4.69, 9.17) is 0 Å². The summed E-state index contributed by atoms with van der Waals surface area (Å²) in [5.41, 5.74) is 0. The van der Waals surface area contributed by atoms with Crippen molar-refractivity contribution in [2.24, 2.45) is 0 Å². The monoisotopic (exact) mass is 272 g/mol. The van der Waals surface area contributed by atoms with E-state index >= 15 is 0 Å². The molecule has 0 saturated carbocycles. The second kappa shape index (κ2) is 20.0. The van der Waals surface area contributed by atoms with Gasteiger partial charge in [0.25, 0.3) is 0 Å². The van der Waals surface area contributed by atoms with Crippen molar-refractivity contribution in [2.45, 2.75) is 71.1 Å². The van der Waals surface area contributed by atoms with Crippen LogP contribution < -0.4 is 29.6 Å². The van der Waals surface area contributed by atoms with Crippen molar-refractivity contribution >= 4 is 17.0 Å². The normalized spacial score (nSPS) is 9.00. The van der Waals surface area contributed by atoms with Gasteiger partial charge in [-0.1, -0.05) is 64.7 Å². The fraction of sp³-hybridized carbons (Fsp3) is 0.917. The molecule has 0 N–H and O–H groups in total. The minimum Gasteiger partial charge on any atom is -0.343 e. The summed E-state index contributed by atoms with van der Waals surface area (Å²) in [4.78, 5) is 0. The van der Waals surface area contributed by atoms with Crippen molar-refractivity contribution in [1.82, 2.24) is 0 Å². The van der Waals surface area contributed by atoms with Gasteiger partial charge in [-0.15, -0.1) is 17.0 Å². The van der Waals surface area contributed by atoms with Crippen LogP contribution in [0.2, 0.25) is 0 Å². The number of unbranched alkanes of at least 4 members (excludes halogenated alkanes) is 9. The Morgan fingerprint density at radius 3 is 1.43 bits per heavy atom. The van der Waals surface area contributed by atoms with Crippen LogP contribution in [-0.2, 0) is 0 Å². The van der Waals surface area contributed by atoms with Gasteiger partial charge in [0.15, 0.2) is 0 Å². The predicted molar refractivity (Wildman–Crippen MR) is 67.5 cm³/mol. The summed E-state index contributed by atoms with van der Waals surface area (Å²) >= 11 is 0. The molecular formula is C12H26BrNa. The van der Waals surface area contributed by atoms with Gasteiger partial charge in [-0.2, -0.15) is 6.42 Å². The molecule has 82 valence electrons. The fourth-order valence-corrected chi connectivity index (χ4v) is 1.49. The number of hydrogen-bond donors (Lipinski definition) is 0. The van der Waals surface area contributed by atoms with Gasteiger partial charge in [-0.25, -0.2) is 0 Å². The average Bonchev–Trinajstić information content (AvgIpc) is 2.10. The first-order chi connectivity index (χ1) is 5.91. The molecule has 14 heavy (non-hydrogen) atoms. The second-order valence-electron chi connectivity index (χ2n) is 3.68. The zero-order chi connectivity index (χ0) is 9.07. The molecule has 0 bridgehead atoms. The van der Waals surface area contributed by atoms with Crippen molar-refractivity contribution in [1.29, 1.82) is 0 Å². The maximum absolute atomic E-state index is 3.84. The van der Waals surface area contributed by atoms with Crippen LogP contribution in [0.1, 0.15) is 71.1 Å². The van der Waals surface area contributed by atoms with Crippen molar-refractivity contribution in [2.75, 3.05) is 0 Å². The minimum absolute atomic E-state index is 0. The standard InChI is InChI=1S/C12H25.BrH.Na/c1-3-5-7-9-11-12-10-8-6-4-2;;/h1,3-12H2,2H3;1H;/q-1;;+1. The smallest absolute Gasteiger partial charge is 0.343 e. The van der Waals surface area contributed by atoms with Crippen molar-refractivity contribution in [3.8, 4) is 0 Å². The summed E-state index contributed by atoms with van der Waals surface area (Å²) in [6.45, 7) is 6.12. The van der Waals surface area contributed by atoms with E-state index in [1.165, 1.54) is 57.8 Å². The molecule has 0 aromatic carbocycles. The molecule has 0 amide bonds. The molecule has 0 saturated heterocycles. The zero-order valence-corrected chi connectivity index (χ0v) is 13.9. The Labute approximate surface area is 124 Å². The van der Waals surface area contributed by atoms with Crippen molar-refractivity contribution in [3.63, 3.8) is 0 Å². The Hall–Kier alpha value is 1.48. The van der Waals surface area contributed by atoms with Gasteiger partial charge in [0.1, 0.15) is 0 Å². The third-order valence-electron chi connectivity index (χ3n) is 2.35. The summed E-state index contributed by atoms with van der Waals surface area (Å²) in [7, 11) is 0. The van der Waals surface area contributed by atoms with E-state index in [9.17, 15) is 0 Å². The first-order valence-electron chi connectivity index (χ1n) is 5.71. The maximum atomic E-state index is 3.84. The first kappa shape index (κ1) is 20.8. The summed E-state index contributed by atoms with van der Waals surface area (Å²) in [6, 6.07) is 0. The predicted octanol–water partition coefficient (Wildman–Crippen LogP) is 2.32. The number of halogens is 1. The number of rotatable bonds is 9. The van der Waals surface area contributed by atoms with Crippen molar-refractivity contribution in [3.05, 3.63) is 6.92 Å². The molecule has 0 unspecified atom stereocenters. The SMILES string of the molecule is Br.[CH2-]CCCCCCCCCCC.[Na+]. The minimum atomic E-state index is 0. The summed E-state index contributed by atoms with van der Waals surface area (Å²) in [6.07, 6.45) is 13.9. The Morgan fingerprint density at radius 2 is 1.07 bits per heavy atom. The van der Waals surface area contributed by atoms with Crippen LogP contribution >= 0.6 is 17.0 Å². The molecular weight excluding hydrogens is 247 g/mol. The van der Waals surface area contributed by atoms with Crippen LogP contribution in [-0.4, -0.2) is 0 Å². The molecule has 0 heterocycles. The third kappa shape index (κ3) is 19.1. The van der Waals surface area contributed by atoms with Crippen LogP contribution in [0.5, 0.6) is 0 Å². The van der Waals surface area contributed by atoms with Gasteiger partial charge in [0, 0.05) is 0 Å². The average molecular weight is 273 g/mol. The van der Waals surface area contributed by atoms with Gasteiger partial charge in [-0.05, 0) is 0 Å². The van der Waals surface area contributed by atoms with Gasteiger partial charge in [0.2, 0.25) is 0 Å². The molecule has 2 heteroatoms. The molecule has 0 nitrogen and oxygen atoms in total. The van der Waals surface area contributed by atoms with E-state index in [-0.39, 0.29) is 46.5 Å². The first-order valence-corrected chi connectivity index (χ1v) is 5.71. The van der Waals surface area contributed by atoms with Crippen molar-refractivity contribution < 1.29 is 29.6 Å². The molecule has 0 radical (unpaired) electrons. The Balaban J connectivity index is -0.000000605. The van der Waals surface area contributed by atoms with E-state index < -0.39 is 0 Å². The molecule has 0 rings (SSSR count). The van der Waals surface area contributed by atoms with E-state index in [1.807, 2.05) is 0 Å². The molecule has 0 aliphatic rings. The van der Waals surface area contributed by atoms with Gasteiger partial charge in [0.05, 0.1) is 0 Å². The molecule has 0 aromatic heterocycles. The summed E-state index contributed by atoms with van der Waals surface area (Å²) in [5, 5.41) is 0. The van der Waals surface area contributed by atoms with Gasteiger partial charge in [-0.3, -0.25) is 0 Å². The van der Waals surface area contributed by atoms with Crippen LogP contribution in [0.25, 0.3) is 0 Å². The Morgan fingerprint density at radius 1 is 0.714 bits per heavy atom. The maximum Gasteiger partial charge on any atom is 1.00 e. The van der Waals surface area contributed by atoms with E-state index in [2.05, 4.69) is 13.8 Å². The van der Waals surface area contributed by atoms with Gasteiger partial charge >= 0.3 is 29.6 Å². The fourth-order valence-electron chi connectivity index (χ4n) is 1.49.